The van der Waals surface area contributed by atoms with Crippen LogP contribution in [0, 0.1) is 0 Å². The van der Waals surface area contributed by atoms with E-state index in [0.29, 0.717) is 24.7 Å². The third-order valence-corrected chi connectivity index (χ3v) is 4.26. The van der Waals surface area contributed by atoms with Gasteiger partial charge in [0.15, 0.2) is 11.5 Å². The van der Waals surface area contributed by atoms with Gasteiger partial charge in [0.05, 0.1) is 13.2 Å². The standard InChI is InChI=1S/C13H19NO3S/c1-2-18(15)9-11(14)10-4-5-12-13(8-10)17-7-3-6-16-12/h4-5,8,11H,2-3,6-7,9,14H2,1H3. The molecule has 0 amide bonds. The topological polar surface area (TPSA) is 61.6 Å². The molecule has 2 unspecified atom stereocenters. The van der Waals surface area contributed by atoms with E-state index in [2.05, 4.69) is 0 Å². The van der Waals surface area contributed by atoms with Crippen LogP contribution in [0.3, 0.4) is 0 Å². The Hall–Kier alpha value is -1.07. The molecule has 0 radical (unpaired) electrons. The third-order valence-electron chi connectivity index (χ3n) is 2.89. The van der Waals surface area contributed by atoms with Gasteiger partial charge in [-0.25, -0.2) is 0 Å². The maximum Gasteiger partial charge on any atom is 0.161 e. The number of rotatable bonds is 4. The van der Waals surface area contributed by atoms with Gasteiger partial charge in [-0.05, 0) is 17.7 Å². The zero-order valence-corrected chi connectivity index (χ0v) is 11.4. The number of hydrogen-bond acceptors (Lipinski definition) is 4. The summed E-state index contributed by atoms with van der Waals surface area (Å²) in [5.41, 5.74) is 7.00. The van der Waals surface area contributed by atoms with E-state index in [1.807, 2.05) is 25.1 Å². The SMILES string of the molecule is CCS(=O)CC(N)c1ccc2c(c1)OCCCO2. The van der Waals surface area contributed by atoms with Crippen LogP contribution in [-0.4, -0.2) is 28.9 Å². The summed E-state index contributed by atoms with van der Waals surface area (Å²) >= 11 is 0. The van der Waals surface area contributed by atoms with Crippen molar-refractivity contribution in [2.45, 2.75) is 19.4 Å². The Balaban J connectivity index is 2.14. The summed E-state index contributed by atoms with van der Waals surface area (Å²) in [6.45, 7) is 3.24. The largest absolute Gasteiger partial charge is 0.490 e. The molecule has 1 aliphatic rings. The summed E-state index contributed by atoms with van der Waals surface area (Å²) in [4.78, 5) is 0. The lowest BCUT2D eigenvalue weighted by molar-refractivity contribution is 0.297. The number of hydrogen-bond donors (Lipinski definition) is 1. The van der Waals surface area contributed by atoms with Gasteiger partial charge in [-0.15, -0.1) is 0 Å². The zero-order valence-electron chi connectivity index (χ0n) is 10.6. The summed E-state index contributed by atoms with van der Waals surface area (Å²) in [6.07, 6.45) is 0.885. The fraction of sp³-hybridized carbons (Fsp3) is 0.538. The Morgan fingerprint density at radius 1 is 1.33 bits per heavy atom. The van der Waals surface area contributed by atoms with Crippen molar-refractivity contribution >= 4 is 10.8 Å². The highest BCUT2D eigenvalue weighted by Gasteiger charge is 2.15. The minimum atomic E-state index is -0.860. The van der Waals surface area contributed by atoms with Gasteiger partial charge in [0.1, 0.15) is 0 Å². The second-order valence-corrected chi connectivity index (χ2v) is 6.05. The molecule has 0 spiro atoms. The summed E-state index contributed by atoms with van der Waals surface area (Å²) in [5, 5.41) is 0. The first-order chi connectivity index (χ1) is 8.70. The molecule has 100 valence electrons. The van der Waals surface area contributed by atoms with Crippen molar-refractivity contribution in [2.75, 3.05) is 24.7 Å². The molecule has 4 nitrogen and oxygen atoms in total. The lowest BCUT2D eigenvalue weighted by Gasteiger charge is -2.14. The first-order valence-electron chi connectivity index (χ1n) is 6.21. The number of benzene rings is 1. The maximum atomic E-state index is 11.5. The van der Waals surface area contributed by atoms with Crippen molar-refractivity contribution in [1.82, 2.24) is 0 Å². The Kier molecular flexibility index (Phi) is 4.60. The Morgan fingerprint density at radius 3 is 2.78 bits per heavy atom. The second-order valence-electron chi connectivity index (χ2n) is 4.26. The Bertz CT molecular complexity index is 436. The van der Waals surface area contributed by atoms with Gasteiger partial charge in [-0.1, -0.05) is 13.0 Å². The van der Waals surface area contributed by atoms with Gasteiger partial charge in [0.25, 0.3) is 0 Å². The highest BCUT2D eigenvalue weighted by Crippen LogP contribution is 2.32. The third kappa shape index (κ3) is 3.23. The smallest absolute Gasteiger partial charge is 0.161 e. The number of fused-ring (bicyclic) bond motifs is 1. The molecular weight excluding hydrogens is 250 g/mol. The minimum Gasteiger partial charge on any atom is -0.490 e. The van der Waals surface area contributed by atoms with Crippen LogP contribution < -0.4 is 15.2 Å². The number of ether oxygens (including phenoxy) is 2. The van der Waals surface area contributed by atoms with Crippen LogP contribution in [0.4, 0.5) is 0 Å². The number of nitrogens with two attached hydrogens (primary N) is 1. The molecule has 0 aliphatic carbocycles. The second kappa shape index (κ2) is 6.20. The maximum absolute atomic E-state index is 11.5. The van der Waals surface area contributed by atoms with Crippen LogP contribution >= 0.6 is 0 Å². The van der Waals surface area contributed by atoms with Gasteiger partial charge in [0, 0.05) is 34.8 Å². The summed E-state index contributed by atoms with van der Waals surface area (Å²) < 4.78 is 22.7. The fourth-order valence-corrected chi connectivity index (χ4v) is 2.65. The van der Waals surface area contributed by atoms with Crippen molar-refractivity contribution in [3.05, 3.63) is 23.8 Å². The van der Waals surface area contributed by atoms with Gasteiger partial charge >= 0.3 is 0 Å². The lowest BCUT2D eigenvalue weighted by Crippen LogP contribution is -2.19. The zero-order chi connectivity index (χ0) is 13.0. The van der Waals surface area contributed by atoms with E-state index in [4.69, 9.17) is 15.2 Å². The quantitative estimate of drug-likeness (QED) is 0.902. The molecule has 0 saturated carbocycles. The predicted octanol–water partition coefficient (Wildman–Crippen LogP) is 1.62. The van der Waals surface area contributed by atoms with Crippen molar-refractivity contribution in [3.63, 3.8) is 0 Å². The van der Waals surface area contributed by atoms with E-state index in [-0.39, 0.29) is 6.04 Å². The van der Waals surface area contributed by atoms with Gasteiger partial charge in [0.2, 0.25) is 0 Å². The van der Waals surface area contributed by atoms with Crippen molar-refractivity contribution in [1.29, 1.82) is 0 Å². The Labute approximate surface area is 110 Å². The molecule has 5 heteroatoms. The van der Waals surface area contributed by atoms with Crippen LogP contribution in [-0.2, 0) is 10.8 Å². The minimum absolute atomic E-state index is 0.220. The average molecular weight is 269 g/mol. The monoisotopic (exact) mass is 269 g/mol. The van der Waals surface area contributed by atoms with E-state index >= 15 is 0 Å². The molecule has 0 aromatic heterocycles. The molecule has 18 heavy (non-hydrogen) atoms. The molecular formula is C13H19NO3S. The molecule has 1 aromatic rings. The molecule has 2 N–H and O–H groups in total. The fourth-order valence-electron chi connectivity index (χ4n) is 1.82. The van der Waals surface area contributed by atoms with Crippen molar-refractivity contribution in [2.24, 2.45) is 5.73 Å². The highest BCUT2D eigenvalue weighted by atomic mass is 32.2. The van der Waals surface area contributed by atoms with E-state index in [1.165, 1.54) is 0 Å². The van der Waals surface area contributed by atoms with E-state index in [0.717, 1.165) is 23.5 Å². The molecule has 1 heterocycles. The van der Waals surface area contributed by atoms with Crippen LogP contribution in [0.15, 0.2) is 18.2 Å². The van der Waals surface area contributed by atoms with Gasteiger partial charge in [-0.3, -0.25) is 4.21 Å². The summed E-state index contributed by atoms with van der Waals surface area (Å²) in [6, 6.07) is 5.48. The first-order valence-corrected chi connectivity index (χ1v) is 7.69. The van der Waals surface area contributed by atoms with Crippen LogP contribution in [0.1, 0.15) is 24.9 Å². The van der Waals surface area contributed by atoms with Gasteiger partial charge in [-0.2, -0.15) is 0 Å². The van der Waals surface area contributed by atoms with E-state index in [9.17, 15) is 4.21 Å². The normalized spacial score (nSPS) is 17.9. The molecule has 2 rings (SSSR count). The molecule has 2 atom stereocenters. The van der Waals surface area contributed by atoms with Gasteiger partial charge < -0.3 is 15.2 Å². The molecule has 0 fully saturated rings. The Morgan fingerprint density at radius 2 is 2.06 bits per heavy atom. The van der Waals surface area contributed by atoms with Crippen LogP contribution in [0.25, 0.3) is 0 Å². The molecule has 1 aromatic carbocycles. The van der Waals surface area contributed by atoms with E-state index < -0.39 is 10.8 Å². The summed E-state index contributed by atoms with van der Waals surface area (Å²) in [5.74, 6) is 2.62. The van der Waals surface area contributed by atoms with Crippen LogP contribution in [0.2, 0.25) is 0 Å². The molecule has 0 bridgehead atoms. The van der Waals surface area contributed by atoms with Crippen molar-refractivity contribution in [3.8, 4) is 11.5 Å². The first kappa shape index (κ1) is 13.4. The average Bonchev–Trinajstić information content (AvgIpc) is 2.62. The van der Waals surface area contributed by atoms with E-state index in [1.54, 1.807) is 0 Å². The predicted molar refractivity (Wildman–Crippen MR) is 72.5 cm³/mol. The highest BCUT2D eigenvalue weighted by molar-refractivity contribution is 7.84. The summed E-state index contributed by atoms with van der Waals surface area (Å²) in [7, 11) is -0.860. The lowest BCUT2D eigenvalue weighted by atomic mass is 10.1. The molecule has 1 aliphatic heterocycles. The van der Waals surface area contributed by atoms with Crippen molar-refractivity contribution < 1.29 is 13.7 Å². The van der Waals surface area contributed by atoms with Crippen LogP contribution in [0.5, 0.6) is 11.5 Å². The molecule has 0 saturated heterocycles.